The van der Waals surface area contributed by atoms with Gasteiger partial charge in [-0.1, -0.05) is 78.3 Å². The molecule has 119 heavy (non-hydrogen) atoms. The van der Waals surface area contributed by atoms with E-state index in [4.69, 9.17) is 133 Å². The monoisotopic (exact) mass is 1690 g/mol. The Hall–Kier alpha value is -7.77. The Morgan fingerprint density at radius 1 is 0.210 bits per heavy atom. The molecule has 0 aliphatic carbocycles. The van der Waals surface area contributed by atoms with Crippen LogP contribution in [0.5, 0.6) is 0 Å². The van der Waals surface area contributed by atoms with Gasteiger partial charge in [0.1, 0.15) is 128 Å². The Balaban J connectivity index is 1.37. The summed E-state index contributed by atoms with van der Waals surface area (Å²) < 4.78 is 188. The van der Waals surface area contributed by atoms with Crippen LogP contribution in [0.2, 0.25) is 0 Å². The largest absolute Gasteiger partial charge is 0.376 e. The lowest BCUT2D eigenvalue weighted by molar-refractivity contribution is -0.398. The fourth-order valence-corrected chi connectivity index (χ4v) is 15.4. The Labute approximate surface area is 684 Å². The molecule has 14 bridgehead atoms. The standard InChI is InChI=1S/C70H105N21O28/c1-15-22-99-57-50(92-8)43-36(29-78-85-71)106-64(57)113-44-37(30-79-86-72)107-66(58(51(44)93-9)100-23-16-2)115-46-39(32-81-88-74)109-68(60(53(46)95-11)102-25-18-4)117-48-41(34-83-90-76)111-70(62(55(48)97-13)104-27-20-6)119-49-42(35-84-91-77)112-69(63(56(49)98-14)105-28-21-7)118-47-40(33-82-89-75)110-67(61(54(47)96-12)103-26-19-5)116-45-38(31-80-87-73)108-65(114-43)59(52(45)94-10)101-24-17-3/h15-21,36-70H,1-7,22-35H2,8-14H3/t36-,37-,38-,39-,40-,41-,42-,43-,44-,45-,46-,47-,48-,49-,50+,51+,52+,53+,54+,55+,56+,57-,58-,59-,60-,61-,62-,63-,64-,65-,66-,67-,68-,69-,70-/m1/s1. The van der Waals surface area contributed by atoms with Gasteiger partial charge >= 0.3 is 0 Å². The maximum atomic E-state index is 10.1. The molecular formula is C70H105N21O28. The third-order valence-corrected chi connectivity index (χ3v) is 20.2. The van der Waals surface area contributed by atoms with Crippen molar-refractivity contribution in [3.05, 3.63) is 162 Å². The normalized spacial score (nSPS) is 39.0. The molecule has 0 unspecified atom stereocenters. The highest BCUT2D eigenvalue weighted by atomic mass is 16.8. The topological polar surface area (TPSA) is 600 Å². The number of nitrogens with zero attached hydrogens (tertiary/aromatic N) is 21. The number of methoxy groups -OCH3 is 7. The Morgan fingerprint density at radius 2 is 0.328 bits per heavy atom. The third-order valence-electron chi connectivity index (χ3n) is 20.2. The van der Waals surface area contributed by atoms with Gasteiger partial charge in [0, 0.05) is 84.2 Å². The summed E-state index contributed by atoms with van der Waals surface area (Å²) in [6, 6.07) is 0. The molecule has 49 heteroatoms. The Morgan fingerprint density at radius 3 is 0.420 bits per heavy atom. The molecule has 15 fully saturated rings. The minimum Gasteiger partial charge on any atom is -0.376 e. The van der Waals surface area contributed by atoms with Crippen LogP contribution in [0.15, 0.2) is 124 Å². The van der Waals surface area contributed by atoms with E-state index in [0.717, 1.165) is 0 Å². The van der Waals surface area contributed by atoms with Gasteiger partial charge in [-0.05, 0) is 38.7 Å². The van der Waals surface area contributed by atoms with E-state index in [0.29, 0.717) is 0 Å². The summed E-state index contributed by atoms with van der Waals surface area (Å²) in [5.74, 6) is 0. The van der Waals surface area contributed by atoms with Crippen LogP contribution in [0, 0.1) is 0 Å². The smallest absolute Gasteiger partial charge is 0.187 e. The predicted molar refractivity (Wildman–Crippen MR) is 408 cm³/mol. The molecular weight excluding hydrogens is 1580 g/mol. The highest BCUT2D eigenvalue weighted by Crippen LogP contribution is 2.44. The molecule has 0 radical (unpaired) electrons. The van der Waals surface area contributed by atoms with E-state index < -0.39 is 261 Å². The summed E-state index contributed by atoms with van der Waals surface area (Å²) >= 11 is 0. The van der Waals surface area contributed by atoms with Crippen LogP contribution in [0.1, 0.15) is 0 Å². The molecule has 15 saturated heterocycles. The van der Waals surface area contributed by atoms with Crippen LogP contribution in [0.4, 0.5) is 0 Å². The van der Waals surface area contributed by atoms with E-state index in [9.17, 15) is 38.7 Å². The van der Waals surface area contributed by atoms with Gasteiger partial charge < -0.3 is 133 Å². The molecule has 0 saturated carbocycles. The minimum atomic E-state index is -1.61. The lowest BCUT2D eigenvalue weighted by Crippen LogP contribution is -2.69. The van der Waals surface area contributed by atoms with Crippen molar-refractivity contribution >= 4 is 0 Å². The summed E-state index contributed by atoms with van der Waals surface area (Å²) in [6.07, 6.45) is -39.9. The van der Waals surface area contributed by atoms with Crippen molar-refractivity contribution in [2.45, 2.75) is 215 Å². The van der Waals surface area contributed by atoms with E-state index in [2.05, 4.69) is 116 Å². The van der Waals surface area contributed by atoms with Gasteiger partial charge in [-0.15, -0.1) is 46.1 Å². The first-order chi connectivity index (χ1) is 58.2. The minimum absolute atomic E-state index is 0.194. The van der Waals surface area contributed by atoms with Gasteiger partial charge in [0.25, 0.3) is 0 Å². The SMILES string of the molecule is C=CCO[C@H]1[C@H]2O[C@H]3[C@H](OC)[C@@H](OCC=C)[C@@H](O[C@H]4[C@H](OC)[C@@H](OCC=C)[C@@H](O[C@H]5[C@H](OC)[C@@H](OCC=C)[C@@H](O[C@H]6[C@H](OC)[C@@H](OCC=C)[C@@H](O[C@H]7[C@H](OC)[C@@H](OCC=C)[C@@H](O[C@H]8[C@H](OC)[C@@H](OCC=C)[C@@H](O[C@@H]([C@@H]1OC)[C@@H](CN=[N+]=[N-])O2)O[C@@H]8CN=[N+]=[N-])O[C@@H]7CN=[N+]=[N-])O[C@@H]6CN=[N+]=[N-])O[C@@H]5CN=[N+]=[N-])O[C@@H]4CN=[N+]=[N-])O[C@@H]3CN=[N+]=[N-]. The molecule has 0 N–H and O–H groups in total. The van der Waals surface area contributed by atoms with Crippen molar-refractivity contribution in [3.8, 4) is 0 Å². The second-order valence-electron chi connectivity index (χ2n) is 26.9. The molecule has 0 amide bonds. The quantitative estimate of drug-likeness (QED) is 0.0256. The summed E-state index contributed by atoms with van der Waals surface area (Å²) in [4.78, 5) is 21.4. The summed E-state index contributed by atoms with van der Waals surface area (Å²) in [5.41, 5.74) is 70.4. The van der Waals surface area contributed by atoms with Gasteiger partial charge in [-0.25, -0.2) is 0 Å². The van der Waals surface area contributed by atoms with E-state index in [1.807, 2.05) is 0 Å². The fourth-order valence-electron chi connectivity index (χ4n) is 15.4. The Bertz CT molecular complexity index is 2950. The number of hydrogen-bond donors (Lipinski definition) is 0. The summed E-state index contributed by atoms with van der Waals surface area (Å²) in [5, 5.41) is 27.5. The lowest BCUT2D eigenvalue weighted by Gasteiger charge is -2.52. The first-order valence-electron chi connectivity index (χ1n) is 37.7. The number of hydrogen-bond acceptors (Lipinski definition) is 35. The maximum absolute atomic E-state index is 10.1. The molecule has 0 aromatic rings. The molecule has 0 aromatic carbocycles. The number of fused-ring (bicyclic) bond motifs is 7. The zero-order chi connectivity index (χ0) is 85.8. The average Bonchev–Trinajstić information content (AvgIpc) is 0.794. The van der Waals surface area contributed by atoms with Gasteiger partial charge in [0.05, 0.1) is 135 Å². The van der Waals surface area contributed by atoms with E-state index in [1.54, 1.807) is 0 Å². The predicted octanol–water partition coefficient (Wildman–Crippen LogP) is 7.05. The van der Waals surface area contributed by atoms with Gasteiger partial charge in [0.2, 0.25) is 0 Å². The average molecular weight is 1690 g/mol. The van der Waals surface area contributed by atoms with Crippen molar-refractivity contribution in [1.82, 2.24) is 0 Å². The second-order valence-corrected chi connectivity index (χ2v) is 26.9. The third kappa shape index (κ3) is 24.4. The lowest BCUT2D eigenvalue weighted by atomic mass is 9.94. The molecule has 15 heterocycles. The molecule has 658 valence electrons. The number of rotatable bonds is 42. The molecule has 15 aliphatic rings. The van der Waals surface area contributed by atoms with Gasteiger partial charge in [0.15, 0.2) is 44.0 Å². The molecule has 0 aromatic heterocycles. The zero-order valence-electron chi connectivity index (χ0n) is 66.9. The summed E-state index contributed by atoms with van der Waals surface area (Å²) in [6.45, 7) is 22.3. The van der Waals surface area contributed by atoms with E-state index >= 15 is 0 Å². The van der Waals surface area contributed by atoms with Crippen LogP contribution in [0.25, 0.3) is 73.1 Å². The van der Waals surface area contributed by atoms with Crippen molar-refractivity contribution in [2.75, 3.05) is 142 Å². The summed E-state index contributed by atoms with van der Waals surface area (Å²) in [7, 11) is 9.36. The van der Waals surface area contributed by atoms with Gasteiger partial charge in [-0.2, -0.15) is 0 Å². The van der Waals surface area contributed by atoms with Crippen molar-refractivity contribution in [3.63, 3.8) is 0 Å². The number of ether oxygens (including phenoxy) is 28. The van der Waals surface area contributed by atoms with Crippen molar-refractivity contribution in [1.29, 1.82) is 0 Å². The van der Waals surface area contributed by atoms with Crippen LogP contribution in [-0.2, 0) is 133 Å². The van der Waals surface area contributed by atoms with Crippen LogP contribution < -0.4 is 0 Å². The second kappa shape index (κ2) is 51.2. The van der Waals surface area contributed by atoms with Crippen molar-refractivity contribution in [2.24, 2.45) is 35.8 Å². The molecule has 49 nitrogen and oxygen atoms in total. The first-order valence-corrected chi connectivity index (χ1v) is 37.7. The number of azide groups is 7. The van der Waals surface area contributed by atoms with Crippen molar-refractivity contribution < 1.29 is 133 Å². The highest BCUT2D eigenvalue weighted by Gasteiger charge is 2.62. The fraction of sp³-hybridized carbons (Fsp3) is 0.800. The van der Waals surface area contributed by atoms with E-state index in [1.165, 1.54) is 92.3 Å². The molecule has 15 aliphatic heterocycles. The van der Waals surface area contributed by atoms with E-state index in [-0.39, 0.29) is 46.2 Å². The maximum Gasteiger partial charge on any atom is 0.187 e. The van der Waals surface area contributed by atoms with Gasteiger partial charge in [-0.3, -0.25) is 0 Å². The molecule has 15 rings (SSSR count). The Kier molecular flexibility index (Phi) is 41.6. The molecule has 0 spiro atoms. The first kappa shape index (κ1) is 96.7. The molecule has 35 atom stereocenters. The zero-order valence-corrected chi connectivity index (χ0v) is 66.9. The van der Waals surface area contributed by atoms with Crippen LogP contribution >= 0.6 is 0 Å². The highest BCUT2D eigenvalue weighted by molar-refractivity contribution is 5.07. The van der Waals surface area contributed by atoms with Crippen LogP contribution in [-0.4, -0.2) is 357 Å². The van der Waals surface area contributed by atoms with Crippen LogP contribution in [0.3, 0.4) is 0 Å².